The van der Waals surface area contributed by atoms with Crippen molar-refractivity contribution in [1.82, 2.24) is 14.5 Å². The lowest BCUT2D eigenvalue weighted by molar-refractivity contribution is -0.127. The van der Waals surface area contributed by atoms with Gasteiger partial charge in [0.25, 0.3) is 0 Å². The van der Waals surface area contributed by atoms with Crippen LogP contribution in [0, 0.1) is 0 Å². The van der Waals surface area contributed by atoms with Crippen LogP contribution >= 0.6 is 0 Å². The summed E-state index contributed by atoms with van der Waals surface area (Å²) in [7, 11) is -3.38. The maximum atomic E-state index is 12.5. The fraction of sp³-hybridized carbons (Fsp3) is 0.467. The number of hydrogen-bond acceptors (Lipinski definition) is 4. The predicted molar refractivity (Wildman–Crippen MR) is 83.9 cm³/mol. The van der Waals surface area contributed by atoms with Crippen LogP contribution in [0.25, 0.3) is 0 Å². The summed E-state index contributed by atoms with van der Waals surface area (Å²) in [6, 6.07) is 8.46. The van der Waals surface area contributed by atoms with Crippen molar-refractivity contribution >= 4 is 22.0 Å². The van der Waals surface area contributed by atoms with Gasteiger partial charge < -0.3 is 5.32 Å². The zero-order valence-corrected chi connectivity index (χ0v) is 13.5. The molecule has 2 heterocycles. The van der Waals surface area contributed by atoms with E-state index in [4.69, 9.17) is 0 Å². The smallest absolute Gasteiger partial charge is 0.324 e. The topological polar surface area (TPSA) is 86.8 Å². The summed E-state index contributed by atoms with van der Waals surface area (Å²) in [4.78, 5) is 24.6. The second-order valence-electron chi connectivity index (χ2n) is 5.79. The second kappa shape index (κ2) is 6.29. The maximum absolute atomic E-state index is 12.5. The second-order valence-corrected chi connectivity index (χ2v) is 7.76. The van der Waals surface area contributed by atoms with Crippen LogP contribution in [0.5, 0.6) is 0 Å². The van der Waals surface area contributed by atoms with E-state index in [-0.39, 0.29) is 30.3 Å². The lowest BCUT2D eigenvalue weighted by Crippen LogP contribution is -2.49. The average Bonchev–Trinajstić information content (AvgIpc) is 2.87. The van der Waals surface area contributed by atoms with Gasteiger partial charge in [-0.25, -0.2) is 17.5 Å². The lowest BCUT2D eigenvalue weighted by Gasteiger charge is -2.34. The molecule has 124 valence electrons. The number of piperidine rings is 1. The van der Waals surface area contributed by atoms with Crippen LogP contribution < -0.4 is 5.32 Å². The maximum Gasteiger partial charge on any atom is 0.324 e. The van der Waals surface area contributed by atoms with E-state index in [2.05, 4.69) is 5.32 Å². The molecular formula is C15H19N3O4S. The lowest BCUT2D eigenvalue weighted by atomic mass is 10.1. The van der Waals surface area contributed by atoms with Crippen LogP contribution in [0.1, 0.15) is 18.4 Å². The van der Waals surface area contributed by atoms with Crippen molar-refractivity contribution in [3.05, 3.63) is 35.9 Å². The monoisotopic (exact) mass is 337 g/mol. The number of carbonyl (C=O) groups is 2. The Morgan fingerprint density at radius 2 is 1.74 bits per heavy atom. The van der Waals surface area contributed by atoms with E-state index in [1.807, 2.05) is 18.2 Å². The number of urea groups is 1. The SMILES string of the molecule is O=C1CNC(=O)N1C1CCN(S(=O)(=O)Cc2ccccc2)CC1. The first-order chi connectivity index (χ1) is 11.0. The number of rotatable bonds is 4. The van der Waals surface area contributed by atoms with Gasteiger partial charge in [-0.15, -0.1) is 0 Å². The normalized spacial score (nSPS) is 20.8. The third-order valence-corrected chi connectivity index (χ3v) is 6.10. The molecule has 1 N–H and O–H groups in total. The van der Waals surface area contributed by atoms with E-state index in [0.717, 1.165) is 5.56 Å². The van der Waals surface area contributed by atoms with Gasteiger partial charge in [0, 0.05) is 19.1 Å². The molecule has 2 aliphatic heterocycles. The molecule has 7 nitrogen and oxygen atoms in total. The number of amides is 3. The molecular weight excluding hydrogens is 318 g/mol. The van der Waals surface area contributed by atoms with Crippen molar-refractivity contribution in [2.75, 3.05) is 19.6 Å². The van der Waals surface area contributed by atoms with Gasteiger partial charge in [-0.3, -0.25) is 9.69 Å². The molecule has 2 fully saturated rings. The Morgan fingerprint density at radius 3 is 2.30 bits per heavy atom. The molecule has 0 radical (unpaired) electrons. The number of nitrogens with one attached hydrogen (secondary N) is 1. The van der Waals surface area contributed by atoms with Gasteiger partial charge in [-0.05, 0) is 18.4 Å². The molecule has 0 saturated carbocycles. The largest absolute Gasteiger partial charge is 0.329 e. The highest BCUT2D eigenvalue weighted by molar-refractivity contribution is 7.88. The third-order valence-electron chi connectivity index (χ3n) is 4.25. The van der Waals surface area contributed by atoms with Crippen molar-refractivity contribution in [2.45, 2.75) is 24.6 Å². The first-order valence-electron chi connectivity index (χ1n) is 7.59. The summed E-state index contributed by atoms with van der Waals surface area (Å²) in [5.74, 6) is -0.262. The molecule has 0 unspecified atom stereocenters. The number of imide groups is 1. The van der Waals surface area contributed by atoms with E-state index < -0.39 is 10.0 Å². The summed E-state index contributed by atoms with van der Waals surface area (Å²) in [5, 5.41) is 2.50. The Morgan fingerprint density at radius 1 is 1.09 bits per heavy atom. The van der Waals surface area contributed by atoms with Crippen LogP contribution in [-0.4, -0.2) is 55.2 Å². The highest BCUT2D eigenvalue weighted by Crippen LogP contribution is 2.22. The third kappa shape index (κ3) is 3.37. The minimum atomic E-state index is -3.38. The fourth-order valence-corrected chi connectivity index (χ4v) is 4.62. The minimum Gasteiger partial charge on any atom is -0.329 e. The van der Waals surface area contributed by atoms with E-state index in [1.54, 1.807) is 12.1 Å². The molecule has 0 aromatic heterocycles. The number of carbonyl (C=O) groups excluding carboxylic acids is 2. The van der Waals surface area contributed by atoms with E-state index in [1.165, 1.54) is 9.21 Å². The van der Waals surface area contributed by atoms with E-state index in [9.17, 15) is 18.0 Å². The van der Waals surface area contributed by atoms with Gasteiger partial charge in [0.05, 0.1) is 12.3 Å². The van der Waals surface area contributed by atoms with Crippen molar-refractivity contribution in [3.63, 3.8) is 0 Å². The standard InChI is InChI=1S/C15H19N3O4S/c19-14-10-16-15(20)18(14)13-6-8-17(9-7-13)23(21,22)11-12-4-2-1-3-5-12/h1-5,13H,6-11H2,(H,16,20). The van der Waals surface area contributed by atoms with Gasteiger partial charge in [-0.1, -0.05) is 30.3 Å². The number of nitrogens with zero attached hydrogens (tertiary/aromatic N) is 2. The Hall–Kier alpha value is -1.93. The summed E-state index contributed by atoms with van der Waals surface area (Å²) < 4.78 is 26.4. The molecule has 3 amide bonds. The molecule has 2 aliphatic rings. The van der Waals surface area contributed by atoms with Crippen molar-refractivity contribution in [2.24, 2.45) is 0 Å². The number of benzene rings is 1. The first kappa shape index (κ1) is 15.9. The minimum absolute atomic E-state index is 0.0262. The van der Waals surface area contributed by atoms with Crippen molar-refractivity contribution in [1.29, 1.82) is 0 Å². The fourth-order valence-electron chi connectivity index (χ4n) is 3.06. The molecule has 0 atom stereocenters. The van der Waals surface area contributed by atoms with Gasteiger partial charge in [0.2, 0.25) is 15.9 Å². The Balaban J connectivity index is 1.62. The zero-order valence-electron chi connectivity index (χ0n) is 12.6. The molecule has 2 saturated heterocycles. The predicted octanol–water partition coefficient (Wildman–Crippen LogP) is 0.533. The highest BCUT2D eigenvalue weighted by atomic mass is 32.2. The highest BCUT2D eigenvalue weighted by Gasteiger charge is 2.38. The van der Waals surface area contributed by atoms with Crippen LogP contribution in [0.2, 0.25) is 0 Å². The molecule has 23 heavy (non-hydrogen) atoms. The molecule has 1 aromatic rings. The first-order valence-corrected chi connectivity index (χ1v) is 9.20. The summed E-state index contributed by atoms with van der Waals surface area (Å²) in [6.07, 6.45) is 0.959. The summed E-state index contributed by atoms with van der Waals surface area (Å²) in [5.41, 5.74) is 0.753. The molecule has 0 spiro atoms. The van der Waals surface area contributed by atoms with E-state index in [0.29, 0.717) is 25.9 Å². The Labute approximate surface area is 135 Å². The average molecular weight is 337 g/mol. The molecule has 3 rings (SSSR count). The van der Waals surface area contributed by atoms with Crippen LogP contribution in [0.15, 0.2) is 30.3 Å². The van der Waals surface area contributed by atoms with Gasteiger partial charge >= 0.3 is 6.03 Å². The molecule has 0 aliphatic carbocycles. The zero-order chi connectivity index (χ0) is 16.4. The Kier molecular flexibility index (Phi) is 4.36. The summed E-state index contributed by atoms with van der Waals surface area (Å²) >= 11 is 0. The summed E-state index contributed by atoms with van der Waals surface area (Å²) in [6.45, 7) is 0.694. The Bertz CT molecular complexity index is 681. The molecule has 1 aromatic carbocycles. The molecule has 0 bridgehead atoms. The van der Waals surface area contributed by atoms with E-state index >= 15 is 0 Å². The van der Waals surface area contributed by atoms with Crippen LogP contribution in [-0.2, 0) is 20.6 Å². The van der Waals surface area contributed by atoms with Crippen molar-refractivity contribution < 1.29 is 18.0 Å². The van der Waals surface area contributed by atoms with Gasteiger partial charge in [-0.2, -0.15) is 0 Å². The number of sulfonamides is 1. The quantitative estimate of drug-likeness (QED) is 0.812. The number of hydrogen-bond donors (Lipinski definition) is 1. The molecule has 8 heteroatoms. The van der Waals surface area contributed by atoms with Crippen molar-refractivity contribution in [3.8, 4) is 0 Å². The van der Waals surface area contributed by atoms with Crippen LogP contribution in [0.3, 0.4) is 0 Å². The van der Waals surface area contributed by atoms with Gasteiger partial charge in [0.1, 0.15) is 0 Å². The van der Waals surface area contributed by atoms with Gasteiger partial charge in [0.15, 0.2) is 0 Å². The van der Waals surface area contributed by atoms with Crippen LogP contribution in [0.4, 0.5) is 4.79 Å².